The lowest BCUT2D eigenvalue weighted by molar-refractivity contribution is 0.892. The van der Waals surface area contributed by atoms with Gasteiger partial charge in [0.1, 0.15) is 16.5 Å². The van der Waals surface area contributed by atoms with Crippen molar-refractivity contribution in [3.05, 3.63) is 40.5 Å². The summed E-state index contributed by atoms with van der Waals surface area (Å²) in [6, 6.07) is 4.32. The molecule has 0 aliphatic rings. The van der Waals surface area contributed by atoms with Crippen LogP contribution in [0.2, 0.25) is 0 Å². The number of hydrogen-bond donors (Lipinski definition) is 2. The number of nitrogens with two attached hydrogens (primary N) is 1. The van der Waals surface area contributed by atoms with Gasteiger partial charge in [0.05, 0.1) is 18.4 Å². The first-order valence-corrected chi connectivity index (χ1v) is 6.37. The molecule has 0 fully saturated rings. The van der Waals surface area contributed by atoms with E-state index in [0.717, 1.165) is 0 Å². The number of nitrogens with zero attached hydrogens (tertiary/aromatic N) is 2. The molecule has 17 heavy (non-hydrogen) atoms. The highest BCUT2D eigenvalue weighted by Crippen LogP contribution is 2.21. The Morgan fingerprint density at radius 2 is 2.29 bits per heavy atom. The van der Waals surface area contributed by atoms with E-state index in [1.54, 1.807) is 23.7 Å². The summed E-state index contributed by atoms with van der Waals surface area (Å²) >= 11 is 6.52. The molecule has 0 bridgehead atoms. The maximum absolute atomic E-state index is 5.45. The Labute approximate surface area is 109 Å². The number of hydrogen-bond acceptors (Lipinski definition) is 5. The van der Waals surface area contributed by atoms with Crippen LogP contribution in [0.25, 0.3) is 0 Å². The van der Waals surface area contributed by atoms with Crippen LogP contribution in [0.3, 0.4) is 0 Å². The van der Waals surface area contributed by atoms with Gasteiger partial charge in [0.15, 0.2) is 0 Å². The quantitative estimate of drug-likeness (QED) is 0.830. The predicted octanol–water partition coefficient (Wildman–Crippen LogP) is 2.35. The molecule has 2 rings (SSSR count). The van der Waals surface area contributed by atoms with Crippen molar-refractivity contribution in [2.45, 2.75) is 13.0 Å². The zero-order valence-corrected chi connectivity index (χ0v) is 10.9. The van der Waals surface area contributed by atoms with Crippen LogP contribution in [0.4, 0.5) is 5.82 Å². The van der Waals surface area contributed by atoms with Crippen molar-refractivity contribution in [2.75, 3.05) is 5.32 Å². The summed E-state index contributed by atoms with van der Waals surface area (Å²) in [6.07, 6.45) is 3.21. The normalized spacial score (nSPS) is 12.1. The maximum atomic E-state index is 5.45. The largest absolute Gasteiger partial charge is 0.388 e. The van der Waals surface area contributed by atoms with Gasteiger partial charge in [-0.05, 0) is 18.4 Å². The molecule has 1 unspecified atom stereocenters. The Hall–Kier alpha value is -1.53. The monoisotopic (exact) mass is 264 g/mol. The highest BCUT2D eigenvalue weighted by atomic mass is 32.1. The first-order valence-electron chi connectivity index (χ1n) is 5.08. The summed E-state index contributed by atoms with van der Waals surface area (Å²) in [6.45, 7) is 2.08. The van der Waals surface area contributed by atoms with Crippen molar-refractivity contribution in [2.24, 2.45) is 5.73 Å². The molecular formula is C11H12N4S2. The van der Waals surface area contributed by atoms with Gasteiger partial charge in [0.2, 0.25) is 0 Å². The molecule has 0 saturated heterocycles. The van der Waals surface area contributed by atoms with Crippen LogP contribution < -0.4 is 11.1 Å². The average molecular weight is 264 g/mol. The van der Waals surface area contributed by atoms with Crippen molar-refractivity contribution >= 4 is 34.4 Å². The smallest absolute Gasteiger partial charge is 0.145 e. The molecule has 4 nitrogen and oxygen atoms in total. The number of anilines is 1. The molecule has 1 atom stereocenters. The summed E-state index contributed by atoms with van der Waals surface area (Å²) < 4.78 is 0. The van der Waals surface area contributed by atoms with Gasteiger partial charge in [-0.15, -0.1) is 11.3 Å². The van der Waals surface area contributed by atoms with Crippen LogP contribution in [-0.4, -0.2) is 15.0 Å². The van der Waals surface area contributed by atoms with E-state index >= 15 is 0 Å². The van der Waals surface area contributed by atoms with Crippen molar-refractivity contribution in [1.82, 2.24) is 9.97 Å². The van der Waals surface area contributed by atoms with Gasteiger partial charge in [-0.3, -0.25) is 0 Å². The minimum absolute atomic E-state index is 0.208. The highest BCUT2D eigenvalue weighted by molar-refractivity contribution is 7.80. The molecule has 0 saturated carbocycles. The SMILES string of the molecule is CC(Nc1cnc(C(N)=S)cn1)c1cccs1. The fourth-order valence-electron chi connectivity index (χ4n) is 1.36. The molecule has 0 radical (unpaired) electrons. The fourth-order valence-corrected chi connectivity index (χ4v) is 2.20. The molecule has 2 aromatic heterocycles. The van der Waals surface area contributed by atoms with Crippen LogP contribution in [0, 0.1) is 0 Å². The molecule has 6 heteroatoms. The number of nitrogens with one attached hydrogen (secondary N) is 1. The summed E-state index contributed by atoms with van der Waals surface area (Å²) in [7, 11) is 0. The second-order valence-corrected chi connectivity index (χ2v) is 4.95. The second-order valence-electron chi connectivity index (χ2n) is 3.53. The Morgan fingerprint density at radius 1 is 1.47 bits per heavy atom. The lowest BCUT2D eigenvalue weighted by Crippen LogP contribution is -2.13. The molecule has 0 amide bonds. The van der Waals surface area contributed by atoms with E-state index in [1.165, 1.54) is 4.88 Å². The molecule has 0 aliphatic heterocycles. The lowest BCUT2D eigenvalue weighted by atomic mass is 10.3. The summed E-state index contributed by atoms with van der Waals surface area (Å²) in [5.41, 5.74) is 5.99. The summed E-state index contributed by atoms with van der Waals surface area (Å²) in [5, 5.41) is 5.31. The first-order chi connectivity index (χ1) is 8.16. The van der Waals surface area contributed by atoms with Gasteiger partial charge in [0.25, 0.3) is 0 Å². The van der Waals surface area contributed by atoms with Gasteiger partial charge in [-0.1, -0.05) is 18.3 Å². The van der Waals surface area contributed by atoms with Crippen LogP contribution in [0.15, 0.2) is 29.9 Å². The molecule has 0 aromatic carbocycles. The van der Waals surface area contributed by atoms with Gasteiger partial charge >= 0.3 is 0 Å². The standard InChI is InChI=1S/C11H12N4S2/c1-7(9-3-2-4-17-9)15-10-6-13-8(5-14-10)11(12)16/h2-7H,1H3,(H2,12,16)(H,14,15). The van der Waals surface area contributed by atoms with E-state index < -0.39 is 0 Å². The van der Waals surface area contributed by atoms with E-state index in [4.69, 9.17) is 18.0 Å². The van der Waals surface area contributed by atoms with Crippen molar-refractivity contribution in [3.63, 3.8) is 0 Å². The Bertz CT molecular complexity index is 493. The number of aromatic nitrogens is 2. The lowest BCUT2D eigenvalue weighted by Gasteiger charge is -2.12. The average Bonchev–Trinajstić information content (AvgIpc) is 2.83. The van der Waals surface area contributed by atoms with Gasteiger partial charge < -0.3 is 11.1 Å². The van der Waals surface area contributed by atoms with E-state index in [2.05, 4.69) is 33.7 Å². The third kappa shape index (κ3) is 2.98. The zero-order chi connectivity index (χ0) is 12.3. The minimum Gasteiger partial charge on any atom is -0.388 e. The molecule has 88 valence electrons. The molecule has 0 spiro atoms. The first kappa shape index (κ1) is 11.9. The van der Waals surface area contributed by atoms with Crippen LogP contribution in [-0.2, 0) is 0 Å². The van der Waals surface area contributed by atoms with Gasteiger partial charge in [-0.2, -0.15) is 0 Å². The van der Waals surface area contributed by atoms with E-state index in [0.29, 0.717) is 11.5 Å². The van der Waals surface area contributed by atoms with Crippen molar-refractivity contribution < 1.29 is 0 Å². The summed E-state index contributed by atoms with van der Waals surface area (Å²) in [4.78, 5) is 9.85. The van der Waals surface area contributed by atoms with Crippen molar-refractivity contribution in [1.29, 1.82) is 0 Å². The third-order valence-electron chi connectivity index (χ3n) is 2.24. The third-order valence-corrected chi connectivity index (χ3v) is 3.50. The summed E-state index contributed by atoms with van der Waals surface area (Å²) in [5.74, 6) is 0.714. The van der Waals surface area contributed by atoms with Crippen molar-refractivity contribution in [3.8, 4) is 0 Å². The highest BCUT2D eigenvalue weighted by Gasteiger charge is 2.07. The second kappa shape index (κ2) is 5.20. The van der Waals surface area contributed by atoms with E-state index in [9.17, 15) is 0 Å². The van der Waals surface area contributed by atoms with E-state index in [1.807, 2.05) is 6.07 Å². The molecule has 2 aromatic rings. The maximum Gasteiger partial charge on any atom is 0.145 e. The number of rotatable bonds is 4. The van der Waals surface area contributed by atoms with E-state index in [-0.39, 0.29) is 11.0 Å². The Balaban J connectivity index is 2.06. The number of thiophene rings is 1. The van der Waals surface area contributed by atoms with Crippen LogP contribution >= 0.6 is 23.6 Å². The Morgan fingerprint density at radius 3 is 2.82 bits per heavy atom. The predicted molar refractivity (Wildman–Crippen MR) is 74.3 cm³/mol. The molecule has 3 N–H and O–H groups in total. The Kier molecular flexibility index (Phi) is 3.65. The molecule has 0 aliphatic carbocycles. The van der Waals surface area contributed by atoms with Crippen LogP contribution in [0.1, 0.15) is 23.5 Å². The topological polar surface area (TPSA) is 63.8 Å². The molecule has 2 heterocycles. The van der Waals surface area contributed by atoms with Gasteiger partial charge in [0, 0.05) is 4.88 Å². The minimum atomic E-state index is 0.208. The fraction of sp³-hybridized carbons (Fsp3) is 0.182. The number of thiocarbonyl (C=S) groups is 1. The molecular weight excluding hydrogens is 252 g/mol. The van der Waals surface area contributed by atoms with Gasteiger partial charge in [-0.25, -0.2) is 9.97 Å². The van der Waals surface area contributed by atoms with Crippen LogP contribution in [0.5, 0.6) is 0 Å². The zero-order valence-electron chi connectivity index (χ0n) is 9.25.